The van der Waals surface area contributed by atoms with Crippen molar-refractivity contribution >= 4 is 29.0 Å². The first-order chi connectivity index (χ1) is 9.22. The maximum absolute atomic E-state index is 11.4. The van der Waals surface area contributed by atoms with Gasteiger partial charge in [-0.05, 0) is 35.5 Å². The highest BCUT2D eigenvalue weighted by molar-refractivity contribution is 8.18. The molecule has 2 heterocycles. The summed E-state index contributed by atoms with van der Waals surface area (Å²) in [7, 11) is 0. The van der Waals surface area contributed by atoms with Crippen molar-refractivity contribution in [2.75, 3.05) is 0 Å². The minimum absolute atomic E-state index is 0.328. The van der Waals surface area contributed by atoms with Gasteiger partial charge in [0.1, 0.15) is 0 Å². The summed E-state index contributed by atoms with van der Waals surface area (Å²) in [5.74, 6) is -0.339. The Morgan fingerprint density at radius 2 is 2.00 bits per heavy atom. The molecule has 0 radical (unpaired) electrons. The fraction of sp³-hybridized carbons (Fsp3) is 0. The van der Waals surface area contributed by atoms with Crippen molar-refractivity contribution in [2.45, 2.75) is 0 Å². The minimum atomic E-state index is -0.339. The number of hydrogen-bond donors (Lipinski definition) is 1. The number of carbonyl (C=O) groups excluding carboxylic acids is 2. The third-order valence-corrected chi connectivity index (χ3v) is 3.45. The molecule has 1 fully saturated rings. The molecule has 2 aromatic rings. The SMILES string of the molecule is O=C1NC(=O)/C(=C/c2ccc(-n3ccnc3)cc2)S1. The molecule has 1 saturated heterocycles. The van der Waals surface area contributed by atoms with Crippen LogP contribution in [0.4, 0.5) is 4.79 Å². The molecule has 2 amide bonds. The molecular weight excluding hydrogens is 262 g/mol. The second-order valence-electron chi connectivity index (χ2n) is 3.91. The molecule has 1 N–H and O–H groups in total. The first-order valence-electron chi connectivity index (χ1n) is 5.55. The molecule has 1 aromatic heterocycles. The van der Waals surface area contributed by atoms with Crippen LogP contribution < -0.4 is 5.32 Å². The monoisotopic (exact) mass is 271 g/mol. The number of carbonyl (C=O) groups is 2. The summed E-state index contributed by atoms with van der Waals surface area (Å²) in [5, 5.41) is 1.90. The number of amides is 2. The number of benzene rings is 1. The first kappa shape index (κ1) is 11.7. The number of hydrogen-bond acceptors (Lipinski definition) is 4. The van der Waals surface area contributed by atoms with E-state index in [1.165, 1.54) is 0 Å². The lowest BCUT2D eigenvalue weighted by molar-refractivity contribution is -0.115. The number of imidazole rings is 1. The minimum Gasteiger partial charge on any atom is -0.306 e. The number of aromatic nitrogens is 2. The predicted octanol–water partition coefficient (Wildman–Crippen LogP) is 2.20. The Labute approximate surface area is 113 Å². The van der Waals surface area contributed by atoms with Gasteiger partial charge in [-0.2, -0.15) is 0 Å². The highest BCUT2D eigenvalue weighted by Crippen LogP contribution is 2.25. The van der Waals surface area contributed by atoms with Crippen LogP contribution >= 0.6 is 11.8 Å². The second kappa shape index (κ2) is 4.74. The molecule has 1 aliphatic rings. The van der Waals surface area contributed by atoms with Gasteiger partial charge in [-0.15, -0.1) is 0 Å². The summed E-state index contributed by atoms with van der Waals surface area (Å²) < 4.78 is 1.89. The van der Waals surface area contributed by atoms with Gasteiger partial charge in [0.25, 0.3) is 11.1 Å². The van der Waals surface area contributed by atoms with E-state index in [4.69, 9.17) is 0 Å². The highest BCUT2D eigenvalue weighted by atomic mass is 32.2. The van der Waals surface area contributed by atoms with Crippen LogP contribution in [0.2, 0.25) is 0 Å². The highest BCUT2D eigenvalue weighted by Gasteiger charge is 2.24. The molecule has 1 aromatic carbocycles. The Bertz CT molecular complexity index is 660. The second-order valence-corrected chi connectivity index (χ2v) is 4.93. The molecule has 5 nitrogen and oxygen atoms in total. The van der Waals surface area contributed by atoms with E-state index in [0.717, 1.165) is 23.0 Å². The van der Waals surface area contributed by atoms with Gasteiger partial charge in [-0.3, -0.25) is 14.9 Å². The van der Waals surface area contributed by atoms with Gasteiger partial charge in [0.05, 0.1) is 11.2 Å². The van der Waals surface area contributed by atoms with Crippen LogP contribution in [0.15, 0.2) is 47.9 Å². The Morgan fingerprint density at radius 1 is 1.21 bits per heavy atom. The number of nitrogens with zero attached hydrogens (tertiary/aromatic N) is 2. The number of thioether (sulfide) groups is 1. The predicted molar refractivity (Wildman–Crippen MR) is 72.7 cm³/mol. The topological polar surface area (TPSA) is 64.0 Å². The Morgan fingerprint density at radius 3 is 2.58 bits per heavy atom. The van der Waals surface area contributed by atoms with E-state index in [1.807, 2.05) is 35.0 Å². The first-order valence-corrected chi connectivity index (χ1v) is 6.37. The maximum atomic E-state index is 11.4. The van der Waals surface area contributed by atoms with Gasteiger partial charge >= 0.3 is 0 Å². The van der Waals surface area contributed by atoms with Crippen molar-refractivity contribution < 1.29 is 9.59 Å². The normalized spacial score (nSPS) is 16.9. The van der Waals surface area contributed by atoms with Crippen LogP contribution in [0.25, 0.3) is 11.8 Å². The fourth-order valence-electron chi connectivity index (χ4n) is 1.73. The van der Waals surface area contributed by atoms with Crippen molar-refractivity contribution in [1.29, 1.82) is 0 Å². The van der Waals surface area contributed by atoms with Crippen molar-refractivity contribution in [1.82, 2.24) is 14.9 Å². The van der Waals surface area contributed by atoms with Gasteiger partial charge in [0.2, 0.25) is 0 Å². The smallest absolute Gasteiger partial charge is 0.290 e. The summed E-state index contributed by atoms with van der Waals surface area (Å²) >= 11 is 0.917. The van der Waals surface area contributed by atoms with Gasteiger partial charge in [0, 0.05) is 18.1 Å². The van der Waals surface area contributed by atoms with E-state index in [9.17, 15) is 9.59 Å². The molecule has 0 bridgehead atoms. The Balaban J connectivity index is 1.86. The molecule has 94 valence electrons. The summed E-state index contributed by atoms with van der Waals surface area (Å²) in [4.78, 5) is 26.8. The molecule has 6 heteroatoms. The van der Waals surface area contributed by atoms with Gasteiger partial charge < -0.3 is 4.57 Å². The van der Waals surface area contributed by atoms with E-state index >= 15 is 0 Å². The number of rotatable bonds is 2. The quantitative estimate of drug-likeness (QED) is 0.850. The standard InChI is InChI=1S/C13H9N3O2S/c17-12-11(19-13(18)15-12)7-9-1-3-10(4-2-9)16-6-5-14-8-16/h1-8H,(H,15,17,18)/b11-7-. The number of imide groups is 1. The van der Waals surface area contributed by atoms with Crippen LogP contribution in [0.5, 0.6) is 0 Å². The van der Waals surface area contributed by atoms with Crippen LogP contribution in [0, 0.1) is 0 Å². The molecule has 1 aliphatic heterocycles. The van der Waals surface area contributed by atoms with Crippen LogP contribution in [-0.2, 0) is 4.79 Å². The summed E-state index contributed by atoms with van der Waals surface area (Å²) in [6.07, 6.45) is 6.97. The summed E-state index contributed by atoms with van der Waals surface area (Å²) in [6.45, 7) is 0. The fourth-order valence-corrected chi connectivity index (χ4v) is 2.41. The summed E-state index contributed by atoms with van der Waals surface area (Å²) in [5.41, 5.74) is 1.86. The third kappa shape index (κ3) is 2.43. The van der Waals surface area contributed by atoms with E-state index in [1.54, 1.807) is 18.6 Å². The van der Waals surface area contributed by atoms with E-state index < -0.39 is 0 Å². The van der Waals surface area contributed by atoms with Gasteiger partial charge in [-0.25, -0.2) is 4.98 Å². The molecule has 0 saturated carbocycles. The lowest BCUT2D eigenvalue weighted by atomic mass is 10.2. The van der Waals surface area contributed by atoms with Crippen molar-refractivity contribution in [3.63, 3.8) is 0 Å². The molecular formula is C13H9N3O2S. The van der Waals surface area contributed by atoms with E-state index in [2.05, 4.69) is 10.3 Å². The Kier molecular flexibility index (Phi) is 2.92. The zero-order chi connectivity index (χ0) is 13.2. The summed E-state index contributed by atoms with van der Waals surface area (Å²) in [6, 6.07) is 7.62. The average Bonchev–Trinajstić information content (AvgIpc) is 3.01. The van der Waals surface area contributed by atoms with Crippen LogP contribution in [0.1, 0.15) is 5.56 Å². The zero-order valence-electron chi connectivity index (χ0n) is 9.74. The largest absolute Gasteiger partial charge is 0.306 e. The molecule has 0 spiro atoms. The Hall–Kier alpha value is -2.34. The van der Waals surface area contributed by atoms with Gasteiger partial charge in [-0.1, -0.05) is 12.1 Å². The third-order valence-electron chi connectivity index (χ3n) is 2.64. The van der Waals surface area contributed by atoms with Crippen molar-refractivity contribution in [3.8, 4) is 5.69 Å². The molecule has 19 heavy (non-hydrogen) atoms. The maximum Gasteiger partial charge on any atom is 0.290 e. The van der Waals surface area contributed by atoms with Crippen LogP contribution in [-0.4, -0.2) is 20.7 Å². The van der Waals surface area contributed by atoms with Crippen molar-refractivity contribution in [2.24, 2.45) is 0 Å². The van der Waals surface area contributed by atoms with Crippen LogP contribution in [0.3, 0.4) is 0 Å². The average molecular weight is 271 g/mol. The van der Waals surface area contributed by atoms with Crippen molar-refractivity contribution in [3.05, 3.63) is 53.5 Å². The zero-order valence-corrected chi connectivity index (χ0v) is 10.6. The molecule has 0 atom stereocenters. The lowest BCUT2D eigenvalue weighted by Crippen LogP contribution is -2.17. The molecule has 3 rings (SSSR count). The number of nitrogens with one attached hydrogen (secondary N) is 1. The lowest BCUT2D eigenvalue weighted by Gasteiger charge is -2.02. The van der Waals surface area contributed by atoms with E-state index in [0.29, 0.717) is 4.91 Å². The van der Waals surface area contributed by atoms with Gasteiger partial charge in [0.15, 0.2) is 0 Å². The molecule has 0 unspecified atom stereocenters. The molecule has 0 aliphatic carbocycles. The van der Waals surface area contributed by atoms with E-state index in [-0.39, 0.29) is 11.1 Å².